The largest absolute Gasteiger partial charge is 0.478 e. The van der Waals surface area contributed by atoms with Gasteiger partial charge in [-0.2, -0.15) is 0 Å². The van der Waals surface area contributed by atoms with Crippen LogP contribution in [0.2, 0.25) is 0 Å². The number of hydrogen-bond donors (Lipinski definition) is 2. The highest BCUT2D eigenvalue weighted by atomic mass is 32.2. The van der Waals surface area contributed by atoms with Crippen LogP contribution in [0.5, 0.6) is 0 Å². The highest BCUT2D eigenvalue weighted by molar-refractivity contribution is 7.92. The number of nitrogens with one attached hydrogen (secondary N) is 1. The minimum Gasteiger partial charge on any atom is -0.478 e. The molecular weight excluding hydrogens is 280 g/mol. The first-order valence-corrected chi connectivity index (χ1v) is 7.15. The van der Waals surface area contributed by atoms with Crippen LogP contribution >= 0.6 is 0 Å². The van der Waals surface area contributed by atoms with Gasteiger partial charge in [-0.25, -0.2) is 13.2 Å². The Labute approximate surface area is 116 Å². The van der Waals surface area contributed by atoms with Gasteiger partial charge in [-0.1, -0.05) is 0 Å². The first-order chi connectivity index (χ1) is 9.40. The van der Waals surface area contributed by atoms with Crippen molar-refractivity contribution in [1.29, 1.82) is 0 Å². The van der Waals surface area contributed by atoms with Crippen LogP contribution < -0.4 is 4.72 Å². The van der Waals surface area contributed by atoms with E-state index in [1.807, 2.05) is 0 Å². The minimum atomic E-state index is -3.76. The number of carboxylic acids is 1. The summed E-state index contributed by atoms with van der Waals surface area (Å²) in [5.74, 6) is -1.11. The number of aromatic carboxylic acids is 1. The van der Waals surface area contributed by atoms with E-state index >= 15 is 0 Å². The highest BCUT2D eigenvalue weighted by Gasteiger charge is 2.16. The van der Waals surface area contributed by atoms with Crippen molar-refractivity contribution < 1.29 is 18.3 Å². The molecule has 0 aliphatic carbocycles. The fourth-order valence-corrected chi connectivity index (χ4v) is 2.67. The van der Waals surface area contributed by atoms with E-state index in [-0.39, 0.29) is 10.5 Å². The van der Waals surface area contributed by atoms with Crippen LogP contribution in [0, 0.1) is 6.92 Å². The van der Waals surface area contributed by atoms with Crippen molar-refractivity contribution in [3.05, 3.63) is 53.9 Å². The van der Waals surface area contributed by atoms with Gasteiger partial charge in [0.1, 0.15) is 0 Å². The number of rotatable bonds is 4. The molecule has 1 aromatic heterocycles. The molecule has 0 radical (unpaired) electrons. The zero-order valence-corrected chi connectivity index (χ0v) is 11.4. The lowest BCUT2D eigenvalue weighted by atomic mass is 10.2. The van der Waals surface area contributed by atoms with Gasteiger partial charge in [0.05, 0.1) is 22.3 Å². The summed E-state index contributed by atoms with van der Waals surface area (Å²) in [7, 11) is -3.76. The van der Waals surface area contributed by atoms with Crippen LogP contribution in [0.3, 0.4) is 0 Å². The number of carbonyl (C=O) groups is 1. The lowest BCUT2D eigenvalue weighted by Gasteiger charge is -2.09. The number of aryl methyl sites for hydroxylation is 1. The van der Waals surface area contributed by atoms with Gasteiger partial charge in [-0.15, -0.1) is 0 Å². The summed E-state index contributed by atoms with van der Waals surface area (Å²) >= 11 is 0. The monoisotopic (exact) mass is 292 g/mol. The molecule has 7 heteroatoms. The van der Waals surface area contributed by atoms with E-state index < -0.39 is 16.0 Å². The van der Waals surface area contributed by atoms with Gasteiger partial charge >= 0.3 is 5.97 Å². The molecule has 2 N–H and O–H groups in total. The maximum absolute atomic E-state index is 12.1. The maximum Gasteiger partial charge on any atom is 0.335 e. The lowest BCUT2D eigenvalue weighted by molar-refractivity contribution is 0.0697. The second-order valence-electron chi connectivity index (χ2n) is 4.13. The Morgan fingerprint density at radius 1 is 1.20 bits per heavy atom. The molecule has 0 amide bonds. The molecule has 0 saturated carbocycles. The molecule has 20 heavy (non-hydrogen) atoms. The van der Waals surface area contributed by atoms with Gasteiger partial charge in [0.15, 0.2) is 0 Å². The standard InChI is InChI=1S/C13H12N2O4S/c1-9-6-7-14-8-12(9)15-20(18,19)11-4-2-10(3-5-11)13(16)17/h2-8,15H,1H3,(H,16,17). The number of carboxylic acid groups (broad SMARTS) is 1. The van der Waals surface area contributed by atoms with Gasteiger partial charge in [0.2, 0.25) is 0 Å². The Balaban J connectivity index is 2.31. The molecule has 0 saturated heterocycles. The summed E-state index contributed by atoms with van der Waals surface area (Å²) in [6.45, 7) is 1.76. The molecule has 0 unspecified atom stereocenters. The van der Waals surface area contributed by atoms with E-state index in [0.717, 1.165) is 5.56 Å². The molecule has 0 aliphatic rings. The number of anilines is 1. The van der Waals surface area contributed by atoms with E-state index in [1.54, 1.807) is 19.2 Å². The molecule has 0 aliphatic heterocycles. The molecule has 104 valence electrons. The van der Waals surface area contributed by atoms with Gasteiger partial charge < -0.3 is 5.11 Å². The molecule has 2 aromatic rings. The number of sulfonamides is 1. The summed E-state index contributed by atoms with van der Waals surface area (Å²) in [6, 6.07) is 6.67. The molecular formula is C13H12N2O4S. The zero-order chi connectivity index (χ0) is 14.8. The van der Waals surface area contributed by atoms with Crippen molar-refractivity contribution in [3.63, 3.8) is 0 Å². The Morgan fingerprint density at radius 3 is 2.40 bits per heavy atom. The lowest BCUT2D eigenvalue weighted by Crippen LogP contribution is -2.14. The SMILES string of the molecule is Cc1ccncc1NS(=O)(=O)c1ccc(C(=O)O)cc1. The average molecular weight is 292 g/mol. The number of benzene rings is 1. The minimum absolute atomic E-state index is 0.00856. The molecule has 2 rings (SSSR count). The molecule has 1 heterocycles. The smallest absolute Gasteiger partial charge is 0.335 e. The summed E-state index contributed by atoms with van der Waals surface area (Å²) in [5, 5.41) is 8.78. The van der Waals surface area contributed by atoms with Crippen LogP contribution in [0.15, 0.2) is 47.6 Å². The predicted molar refractivity (Wildman–Crippen MR) is 73.2 cm³/mol. The predicted octanol–water partition coefficient (Wildman–Crippen LogP) is 1.89. The second kappa shape index (κ2) is 5.30. The normalized spacial score (nSPS) is 11.1. The van der Waals surface area contributed by atoms with Crippen molar-refractivity contribution in [1.82, 2.24) is 4.98 Å². The Kier molecular flexibility index (Phi) is 3.71. The van der Waals surface area contributed by atoms with Crippen molar-refractivity contribution in [2.24, 2.45) is 0 Å². The summed E-state index contributed by atoms with van der Waals surface area (Å²) in [6.07, 6.45) is 2.98. The first kappa shape index (κ1) is 14.0. The summed E-state index contributed by atoms with van der Waals surface area (Å²) in [4.78, 5) is 14.6. The number of aromatic nitrogens is 1. The third-order valence-corrected chi connectivity index (χ3v) is 4.08. The number of pyridine rings is 1. The highest BCUT2D eigenvalue weighted by Crippen LogP contribution is 2.18. The molecule has 0 atom stereocenters. The fraction of sp³-hybridized carbons (Fsp3) is 0.0769. The van der Waals surface area contributed by atoms with E-state index in [2.05, 4.69) is 9.71 Å². The van der Waals surface area contributed by atoms with E-state index in [1.165, 1.54) is 30.5 Å². The Bertz CT molecular complexity index is 739. The van der Waals surface area contributed by atoms with Crippen LogP contribution in [-0.2, 0) is 10.0 Å². The Hall–Kier alpha value is -2.41. The summed E-state index contributed by atoms with van der Waals surface area (Å²) in [5.41, 5.74) is 1.15. The van der Waals surface area contributed by atoms with E-state index in [0.29, 0.717) is 5.69 Å². The third kappa shape index (κ3) is 2.94. The zero-order valence-electron chi connectivity index (χ0n) is 10.6. The number of hydrogen-bond acceptors (Lipinski definition) is 4. The Morgan fingerprint density at radius 2 is 1.85 bits per heavy atom. The average Bonchev–Trinajstić information content (AvgIpc) is 2.41. The van der Waals surface area contributed by atoms with Crippen LogP contribution in [0.25, 0.3) is 0 Å². The van der Waals surface area contributed by atoms with Gasteiger partial charge in [-0.05, 0) is 42.8 Å². The molecule has 1 aromatic carbocycles. The second-order valence-corrected chi connectivity index (χ2v) is 5.81. The van der Waals surface area contributed by atoms with Crippen LogP contribution in [0.1, 0.15) is 15.9 Å². The molecule has 0 fully saturated rings. The maximum atomic E-state index is 12.1. The van der Waals surface area contributed by atoms with Crippen molar-refractivity contribution in [3.8, 4) is 0 Å². The van der Waals surface area contributed by atoms with Crippen molar-refractivity contribution in [2.45, 2.75) is 11.8 Å². The molecule has 6 nitrogen and oxygen atoms in total. The molecule has 0 bridgehead atoms. The van der Waals surface area contributed by atoms with Crippen LogP contribution in [0.4, 0.5) is 5.69 Å². The van der Waals surface area contributed by atoms with E-state index in [4.69, 9.17) is 5.11 Å². The van der Waals surface area contributed by atoms with Crippen molar-refractivity contribution >= 4 is 21.7 Å². The quantitative estimate of drug-likeness (QED) is 0.897. The molecule has 0 spiro atoms. The first-order valence-electron chi connectivity index (χ1n) is 5.67. The van der Waals surface area contributed by atoms with Crippen LogP contribution in [-0.4, -0.2) is 24.5 Å². The van der Waals surface area contributed by atoms with E-state index in [9.17, 15) is 13.2 Å². The topological polar surface area (TPSA) is 96.4 Å². The number of nitrogens with zero attached hydrogens (tertiary/aromatic N) is 1. The van der Waals surface area contributed by atoms with Crippen molar-refractivity contribution in [2.75, 3.05) is 4.72 Å². The summed E-state index contributed by atoms with van der Waals surface area (Å²) < 4.78 is 26.7. The van der Waals surface area contributed by atoms with Gasteiger partial charge in [-0.3, -0.25) is 9.71 Å². The third-order valence-electron chi connectivity index (χ3n) is 2.69. The fourth-order valence-electron chi connectivity index (χ4n) is 1.55. The van der Waals surface area contributed by atoms with Gasteiger partial charge in [0.25, 0.3) is 10.0 Å². The van der Waals surface area contributed by atoms with Gasteiger partial charge in [0, 0.05) is 6.20 Å².